The maximum absolute atomic E-state index is 13.1. The largest absolute Gasteiger partial charge is 0.416 e. The van der Waals surface area contributed by atoms with Gasteiger partial charge in [-0.2, -0.15) is 22.6 Å². The van der Waals surface area contributed by atoms with Crippen LogP contribution in [0.2, 0.25) is 0 Å². The number of halogens is 3. The maximum atomic E-state index is 13.1. The van der Waals surface area contributed by atoms with Gasteiger partial charge in [0, 0.05) is 37.8 Å². The lowest BCUT2D eigenvalue weighted by atomic mass is 10.1. The van der Waals surface area contributed by atoms with Gasteiger partial charge in [-0.05, 0) is 23.8 Å². The Labute approximate surface area is 184 Å². The highest BCUT2D eigenvalue weighted by atomic mass is 32.2. The molecule has 32 heavy (non-hydrogen) atoms. The lowest BCUT2D eigenvalue weighted by Gasteiger charge is -2.27. The molecule has 0 N–H and O–H groups in total. The summed E-state index contributed by atoms with van der Waals surface area (Å²) in [6.45, 7) is 0.787. The van der Waals surface area contributed by atoms with Gasteiger partial charge in [-0.25, -0.2) is 8.42 Å². The third-order valence-corrected chi connectivity index (χ3v) is 7.28. The van der Waals surface area contributed by atoms with Crippen LogP contribution in [-0.4, -0.2) is 29.0 Å². The van der Waals surface area contributed by atoms with Crippen molar-refractivity contribution in [3.8, 4) is 0 Å². The molecule has 0 saturated carbocycles. The number of ether oxygens (including phenoxy) is 1. The molecule has 10 heteroatoms. The summed E-state index contributed by atoms with van der Waals surface area (Å²) < 4.78 is 74.1. The Hall–Kier alpha value is -2.69. The predicted octanol–water partition coefficient (Wildman–Crippen LogP) is 3.90. The number of hydrogen-bond donors (Lipinski definition) is 0. The molecule has 0 fully saturated rings. The Morgan fingerprint density at radius 1 is 1.06 bits per heavy atom. The van der Waals surface area contributed by atoms with Crippen LogP contribution in [0.4, 0.5) is 13.2 Å². The van der Waals surface area contributed by atoms with Crippen LogP contribution < -0.4 is 0 Å². The molecule has 1 aliphatic rings. The second kappa shape index (κ2) is 8.68. The Kier molecular flexibility index (Phi) is 6.11. The molecular formula is C22H22F3N3O3S. The third-order valence-electron chi connectivity index (χ3n) is 5.44. The minimum absolute atomic E-state index is 0.0335. The van der Waals surface area contributed by atoms with Crippen molar-refractivity contribution < 1.29 is 26.3 Å². The van der Waals surface area contributed by atoms with E-state index in [2.05, 4.69) is 5.10 Å². The lowest BCUT2D eigenvalue weighted by Crippen LogP contribution is -2.36. The number of aryl methyl sites for hydroxylation is 1. The van der Waals surface area contributed by atoms with Crippen molar-refractivity contribution in [2.45, 2.75) is 37.3 Å². The summed E-state index contributed by atoms with van der Waals surface area (Å²) in [5, 5.41) is 4.48. The van der Waals surface area contributed by atoms with Crippen LogP contribution in [0.15, 0.2) is 59.5 Å². The SMILES string of the molecule is Cn1nc(COCc2ccccc2)c2c1CCN(S(=O)(=O)c1cccc(C(F)(F)F)c1)C2. The number of sulfonamides is 1. The molecule has 0 amide bonds. The van der Waals surface area contributed by atoms with E-state index in [0.29, 0.717) is 24.8 Å². The monoisotopic (exact) mass is 465 g/mol. The van der Waals surface area contributed by atoms with E-state index in [9.17, 15) is 21.6 Å². The van der Waals surface area contributed by atoms with Crippen molar-refractivity contribution in [3.05, 3.63) is 82.7 Å². The number of fused-ring (bicyclic) bond motifs is 1. The first-order valence-corrected chi connectivity index (χ1v) is 11.4. The molecule has 0 unspecified atom stereocenters. The van der Waals surface area contributed by atoms with E-state index >= 15 is 0 Å². The molecule has 0 bridgehead atoms. The summed E-state index contributed by atoms with van der Waals surface area (Å²) in [6.07, 6.45) is -4.21. The Bertz CT molecular complexity index is 1210. The molecule has 0 saturated heterocycles. The molecule has 0 aliphatic carbocycles. The van der Waals surface area contributed by atoms with Crippen LogP contribution >= 0.6 is 0 Å². The highest BCUT2D eigenvalue weighted by molar-refractivity contribution is 7.89. The lowest BCUT2D eigenvalue weighted by molar-refractivity contribution is -0.137. The van der Waals surface area contributed by atoms with E-state index in [4.69, 9.17) is 4.74 Å². The molecule has 1 aliphatic heterocycles. The highest BCUT2D eigenvalue weighted by Gasteiger charge is 2.35. The molecule has 0 radical (unpaired) electrons. The standard InChI is InChI=1S/C22H22F3N3O3S/c1-27-21-10-11-28(32(29,30)18-9-5-8-17(12-18)22(23,24)25)13-19(21)20(26-27)15-31-14-16-6-3-2-4-7-16/h2-9,12H,10-11,13-15H2,1H3. The van der Waals surface area contributed by atoms with Crippen molar-refractivity contribution in [1.82, 2.24) is 14.1 Å². The summed E-state index contributed by atoms with van der Waals surface area (Å²) in [7, 11) is -2.31. The molecular weight excluding hydrogens is 443 g/mol. The van der Waals surface area contributed by atoms with Crippen molar-refractivity contribution in [2.75, 3.05) is 6.54 Å². The van der Waals surface area contributed by atoms with Gasteiger partial charge in [-0.3, -0.25) is 4.68 Å². The number of alkyl halides is 3. The number of hydrogen-bond acceptors (Lipinski definition) is 4. The van der Waals surface area contributed by atoms with Gasteiger partial charge in [0.1, 0.15) is 0 Å². The molecule has 2 aromatic carbocycles. The van der Waals surface area contributed by atoms with Gasteiger partial charge in [-0.15, -0.1) is 0 Å². The zero-order chi connectivity index (χ0) is 22.9. The van der Waals surface area contributed by atoms with E-state index in [1.165, 1.54) is 10.4 Å². The van der Waals surface area contributed by atoms with E-state index in [-0.39, 0.29) is 24.6 Å². The normalized spacial score (nSPS) is 15.0. The molecule has 6 nitrogen and oxygen atoms in total. The van der Waals surface area contributed by atoms with E-state index < -0.39 is 21.8 Å². The van der Waals surface area contributed by atoms with Gasteiger partial charge in [0.15, 0.2) is 0 Å². The molecule has 1 aromatic heterocycles. The van der Waals surface area contributed by atoms with Crippen LogP contribution in [-0.2, 0) is 54.2 Å². The molecule has 3 aromatic rings. The van der Waals surface area contributed by atoms with Crippen LogP contribution in [0.3, 0.4) is 0 Å². The first-order chi connectivity index (χ1) is 15.2. The summed E-state index contributed by atoms with van der Waals surface area (Å²) in [6, 6.07) is 13.5. The average molecular weight is 465 g/mol. The summed E-state index contributed by atoms with van der Waals surface area (Å²) in [4.78, 5) is -0.374. The Morgan fingerprint density at radius 2 is 1.81 bits per heavy atom. The molecule has 170 valence electrons. The van der Waals surface area contributed by atoms with Crippen LogP contribution in [0.5, 0.6) is 0 Å². The topological polar surface area (TPSA) is 64.4 Å². The van der Waals surface area contributed by atoms with Crippen LogP contribution in [0.1, 0.15) is 28.1 Å². The van der Waals surface area contributed by atoms with Gasteiger partial charge < -0.3 is 4.74 Å². The maximum Gasteiger partial charge on any atom is 0.416 e. The smallest absolute Gasteiger partial charge is 0.370 e. The van der Waals surface area contributed by atoms with Crippen molar-refractivity contribution in [3.63, 3.8) is 0 Å². The third kappa shape index (κ3) is 4.57. The molecule has 4 rings (SSSR count). The minimum Gasteiger partial charge on any atom is -0.370 e. The molecule has 2 heterocycles. The van der Waals surface area contributed by atoms with Gasteiger partial charge in [0.05, 0.1) is 29.4 Å². The van der Waals surface area contributed by atoms with E-state index in [1.807, 2.05) is 30.3 Å². The first kappa shape index (κ1) is 22.5. The number of aromatic nitrogens is 2. The number of nitrogens with zero attached hydrogens (tertiary/aromatic N) is 3. The second-order valence-corrected chi connectivity index (χ2v) is 9.53. The zero-order valence-electron chi connectivity index (χ0n) is 17.3. The molecule has 0 atom stereocenters. The van der Waals surface area contributed by atoms with Crippen molar-refractivity contribution in [2.24, 2.45) is 7.05 Å². The van der Waals surface area contributed by atoms with Gasteiger partial charge in [0.25, 0.3) is 0 Å². The summed E-state index contributed by atoms with van der Waals surface area (Å²) in [5.74, 6) is 0. The van der Waals surface area contributed by atoms with Crippen LogP contribution in [0, 0.1) is 0 Å². The Morgan fingerprint density at radius 3 is 2.53 bits per heavy atom. The first-order valence-electron chi connectivity index (χ1n) is 9.99. The van der Waals surface area contributed by atoms with Gasteiger partial charge in [-0.1, -0.05) is 36.4 Å². The summed E-state index contributed by atoms with van der Waals surface area (Å²) >= 11 is 0. The molecule has 0 spiro atoms. The van der Waals surface area contributed by atoms with Crippen molar-refractivity contribution in [1.29, 1.82) is 0 Å². The zero-order valence-corrected chi connectivity index (χ0v) is 18.2. The predicted molar refractivity (Wildman–Crippen MR) is 111 cm³/mol. The fraction of sp³-hybridized carbons (Fsp3) is 0.318. The number of rotatable bonds is 6. The highest BCUT2D eigenvalue weighted by Crippen LogP contribution is 2.32. The fourth-order valence-corrected chi connectivity index (χ4v) is 5.24. The quantitative estimate of drug-likeness (QED) is 0.554. The average Bonchev–Trinajstić information content (AvgIpc) is 3.09. The number of benzene rings is 2. The van der Waals surface area contributed by atoms with Gasteiger partial charge >= 0.3 is 6.18 Å². The van der Waals surface area contributed by atoms with Crippen molar-refractivity contribution >= 4 is 10.0 Å². The minimum atomic E-state index is -4.62. The van der Waals surface area contributed by atoms with E-state index in [0.717, 1.165) is 29.0 Å². The second-order valence-electron chi connectivity index (χ2n) is 7.59. The Balaban J connectivity index is 1.54. The van der Waals surface area contributed by atoms with Crippen LogP contribution in [0.25, 0.3) is 0 Å². The fourth-order valence-electron chi connectivity index (χ4n) is 3.79. The summed E-state index contributed by atoms with van der Waals surface area (Å²) in [5.41, 5.74) is 2.28. The van der Waals surface area contributed by atoms with Gasteiger partial charge in [0.2, 0.25) is 10.0 Å². The van der Waals surface area contributed by atoms with E-state index in [1.54, 1.807) is 11.7 Å².